The summed E-state index contributed by atoms with van der Waals surface area (Å²) in [5, 5.41) is 0.434. The molecule has 2 aromatic carbocycles. The molecule has 2 aromatic rings. The number of rotatable bonds is 4. The van der Waals surface area contributed by atoms with E-state index in [2.05, 4.69) is 4.90 Å². The van der Waals surface area contributed by atoms with Gasteiger partial charge in [-0.05, 0) is 30.5 Å². The molecule has 2 fully saturated rings. The van der Waals surface area contributed by atoms with Crippen molar-refractivity contribution in [2.75, 3.05) is 39.3 Å². The van der Waals surface area contributed by atoms with Gasteiger partial charge in [-0.1, -0.05) is 48.0 Å². The highest BCUT2D eigenvalue weighted by molar-refractivity contribution is 6.31. The molecule has 0 N–H and O–H groups in total. The van der Waals surface area contributed by atoms with E-state index in [1.54, 1.807) is 19.1 Å². The molecule has 5 nitrogen and oxygen atoms in total. The number of piperidine rings is 1. The van der Waals surface area contributed by atoms with Gasteiger partial charge in [0.2, 0.25) is 11.8 Å². The maximum atomic E-state index is 14.2. The monoisotopic (exact) mass is 457 g/mol. The second kappa shape index (κ2) is 9.59. The third kappa shape index (κ3) is 4.52. The lowest BCUT2D eigenvalue weighted by molar-refractivity contribution is -0.144. The molecule has 2 amide bonds. The van der Waals surface area contributed by atoms with E-state index in [4.69, 9.17) is 11.6 Å². The van der Waals surface area contributed by atoms with Crippen molar-refractivity contribution in [3.8, 4) is 0 Å². The molecule has 7 heteroatoms. The Labute approximate surface area is 193 Å². The number of carbonyl (C=O) groups is 2. The van der Waals surface area contributed by atoms with Gasteiger partial charge in [-0.2, -0.15) is 0 Å². The predicted molar refractivity (Wildman–Crippen MR) is 123 cm³/mol. The highest BCUT2D eigenvalue weighted by atomic mass is 35.5. The Morgan fingerprint density at radius 2 is 1.56 bits per heavy atom. The van der Waals surface area contributed by atoms with Gasteiger partial charge in [0.05, 0.1) is 5.41 Å². The predicted octanol–water partition coefficient (Wildman–Crippen LogP) is 3.70. The second-order valence-corrected chi connectivity index (χ2v) is 9.13. The van der Waals surface area contributed by atoms with Gasteiger partial charge < -0.3 is 9.80 Å². The SMILES string of the molecule is CC(=O)N1CCC(C(=O)N2CCN(Cc3c(F)cccc3Cl)CC2)(c2ccccc2)CC1. The first kappa shape index (κ1) is 22.7. The molecule has 0 atom stereocenters. The van der Waals surface area contributed by atoms with Gasteiger partial charge in [0, 0.05) is 63.3 Å². The summed E-state index contributed by atoms with van der Waals surface area (Å²) in [6.07, 6.45) is 1.25. The topological polar surface area (TPSA) is 43.9 Å². The number of piperazine rings is 1. The fraction of sp³-hybridized carbons (Fsp3) is 0.440. The van der Waals surface area contributed by atoms with Gasteiger partial charge in [-0.3, -0.25) is 14.5 Å². The van der Waals surface area contributed by atoms with E-state index in [1.165, 1.54) is 6.07 Å². The third-order valence-electron chi connectivity index (χ3n) is 6.90. The lowest BCUT2D eigenvalue weighted by atomic mass is 9.71. The summed E-state index contributed by atoms with van der Waals surface area (Å²) in [7, 11) is 0. The van der Waals surface area contributed by atoms with Crippen LogP contribution in [0, 0.1) is 5.82 Å². The van der Waals surface area contributed by atoms with Gasteiger partial charge in [0.25, 0.3) is 0 Å². The van der Waals surface area contributed by atoms with Crippen molar-refractivity contribution in [1.82, 2.24) is 14.7 Å². The van der Waals surface area contributed by atoms with Crippen LogP contribution in [0.1, 0.15) is 30.9 Å². The number of halogens is 2. The van der Waals surface area contributed by atoms with Crippen molar-refractivity contribution in [3.63, 3.8) is 0 Å². The van der Waals surface area contributed by atoms with E-state index >= 15 is 0 Å². The zero-order chi connectivity index (χ0) is 22.7. The average molecular weight is 458 g/mol. The summed E-state index contributed by atoms with van der Waals surface area (Å²) < 4.78 is 14.2. The Kier molecular flexibility index (Phi) is 6.82. The first-order chi connectivity index (χ1) is 15.4. The summed E-state index contributed by atoms with van der Waals surface area (Å²) >= 11 is 6.19. The van der Waals surface area contributed by atoms with Crippen LogP contribution in [0.15, 0.2) is 48.5 Å². The molecule has 2 saturated heterocycles. The number of likely N-dealkylation sites (tertiary alicyclic amines) is 1. The molecule has 2 heterocycles. The van der Waals surface area contributed by atoms with E-state index in [0.717, 1.165) is 5.56 Å². The molecule has 0 aromatic heterocycles. The van der Waals surface area contributed by atoms with Crippen molar-refractivity contribution in [2.24, 2.45) is 0 Å². The van der Waals surface area contributed by atoms with Crippen LogP contribution in [-0.4, -0.2) is 65.8 Å². The van der Waals surface area contributed by atoms with Crippen LogP contribution in [0.5, 0.6) is 0 Å². The molecule has 0 radical (unpaired) electrons. The minimum atomic E-state index is -0.607. The largest absolute Gasteiger partial charge is 0.343 e. The Bertz CT molecular complexity index is 948. The van der Waals surface area contributed by atoms with Crippen molar-refractivity contribution in [3.05, 3.63) is 70.5 Å². The number of amides is 2. The van der Waals surface area contributed by atoms with Crippen LogP contribution in [0.25, 0.3) is 0 Å². The van der Waals surface area contributed by atoms with Crippen LogP contribution in [0.2, 0.25) is 5.02 Å². The van der Waals surface area contributed by atoms with Crippen molar-refractivity contribution >= 4 is 23.4 Å². The summed E-state index contributed by atoms with van der Waals surface area (Å²) in [4.78, 5) is 31.6. The quantitative estimate of drug-likeness (QED) is 0.703. The van der Waals surface area contributed by atoms with Crippen molar-refractivity contribution in [1.29, 1.82) is 0 Å². The first-order valence-electron chi connectivity index (χ1n) is 11.2. The van der Waals surface area contributed by atoms with Crippen LogP contribution in [0.3, 0.4) is 0 Å². The molecular weight excluding hydrogens is 429 g/mol. The summed E-state index contributed by atoms with van der Waals surface area (Å²) in [6, 6.07) is 14.7. The molecule has 170 valence electrons. The van der Waals surface area contributed by atoms with Gasteiger partial charge in [0.15, 0.2) is 0 Å². The van der Waals surface area contributed by atoms with E-state index < -0.39 is 5.41 Å². The van der Waals surface area contributed by atoms with Gasteiger partial charge in [0.1, 0.15) is 5.82 Å². The second-order valence-electron chi connectivity index (χ2n) is 8.72. The molecule has 2 aliphatic rings. The number of nitrogens with zero attached hydrogens (tertiary/aromatic N) is 3. The lowest BCUT2D eigenvalue weighted by Gasteiger charge is -2.45. The minimum Gasteiger partial charge on any atom is -0.343 e. The molecule has 4 rings (SSSR count). The van der Waals surface area contributed by atoms with Crippen LogP contribution >= 0.6 is 11.6 Å². The van der Waals surface area contributed by atoms with Crippen molar-refractivity contribution < 1.29 is 14.0 Å². The van der Waals surface area contributed by atoms with Crippen LogP contribution in [-0.2, 0) is 21.5 Å². The van der Waals surface area contributed by atoms with Crippen LogP contribution in [0.4, 0.5) is 4.39 Å². The zero-order valence-electron chi connectivity index (χ0n) is 18.4. The van der Waals surface area contributed by atoms with Gasteiger partial charge in [-0.15, -0.1) is 0 Å². The normalized spacial score (nSPS) is 19.1. The average Bonchev–Trinajstić information content (AvgIpc) is 2.82. The molecule has 0 bridgehead atoms. The lowest BCUT2D eigenvalue weighted by Crippen LogP contribution is -2.57. The number of hydrogen-bond acceptors (Lipinski definition) is 3. The standard InChI is InChI=1S/C25H29ClFN3O2/c1-19(31)29-12-10-25(11-13-29,20-6-3-2-4-7-20)24(32)30-16-14-28(15-17-30)18-21-22(26)8-5-9-23(21)27/h2-9H,10-18H2,1H3. The highest BCUT2D eigenvalue weighted by Crippen LogP contribution is 2.38. The maximum absolute atomic E-state index is 14.2. The maximum Gasteiger partial charge on any atom is 0.233 e. The fourth-order valence-corrected chi connectivity index (χ4v) is 5.13. The number of carbonyl (C=O) groups excluding carboxylic acids is 2. The molecule has 0 saturated carbocycles. The highest BCUT2D eigenvalue weighted by Gasteiger charge is 2.45. The van der Waals surface area contributed by atoms with E-state index in [0.29, 0.717) is 69.2 Å². The smallest absolute Gasteiger partial charge is 0.233 e. The molecule has 2 aliphatic heterocycles. The van der Waals surface area contributed by atoms with E-state index in [1.807, 2.05) is 40.1 Å². The Morgan fingerprint density at radius 3 is 2.16 bits per heavy atom. The molecule has 0 spiro atoms. The number of hydrogen-bond donors (Lipinski definition) is 0. The molecule has 32 heavy (non-hydrogen) atoms. The minimum absolute atomic E-state index is 0.0551. The Morgan fingerprint density at radius 1 is 0.906 bits per heavy atom. The van der Waals surface area contributed by atoms with E-state index in [-0.39, 0.29) is 17.6 Å². The summed E-state index contributed by atoms with van der Waals surface area (Å²) in [6.45, 7) is 5.71. The zero-order valence-corrected chi connectivity index (χ0v) is 19.2. The summed E-state index contributed by atoms with van der Waals surface area (Å²) in [5.41, 5.74) is 0.921. The first-order valence-corrected chi connectivity index (χ1v) is 11.5. The Balaban J connectivity index is 1.47. The molecular formula is C25H29ClFN3O2. The van der Waals surface area contributed by atoms with Crippen molar-refractivity contribution in [2.45, 2.75) is 31.7 Å². The van der Waals surface area contributed by atoms with E-state index in [9.17, 15) is 14.0 Å². The Hall–Kier alpha value is -2.44. The fourth-order valence-electron chi connectivity index (χ4n) is 4.91. The molecule has 0 unspecified atom stereocenters. The van der Waals surface area contributed by atoms with Gasteiger partial charge >= 0.3 is 0 Å². The number of benzene rings is 2. The summed E-state index contributed by atoms with van der Waals surface area (Å²) in [5.74, 6) is -0.105. The van der Waals surface area contributed by atoms with Crippen LogP contribution < -0.4 is 0 Å². The molecule has 0 aliphatic carbocycles. The van der Waals surface area contributed by atoms with Gasteiger partial charge in [-0.25, -0.2) is 4.39 Å². The third-order valence-corrected chi connectivity index (χ3v) is 7.26.